The summed E-state index contributed by atoms with van der Waals surface area (Å²) in [6.07, 6.45) is 6.94. The highest BCUT2D eigenvalue weighted by Gasteiger charge is 2.42. The fraction of sp³-hybridized carbons (Fsp3) is 0.636. The van der Waals surface area contributed by atoms with Gasteiger partial charge in [0.1, 0.15) is 6.04 Å². The molecule has 1 saturated heterocycles. The van der Waals surface area contributed by atoms with E-state index in [1.54, 1.807) is 0 Å². The van der Waals surface area contributed by atoms with Gasteiger partial charge in [0.2, 0.25) is 11.8 Å². The maximum absolute atomic E-state index is 12.6. The smallest absolute Gasteiger partial charge is 0.242 e. The lowest BCUT2D eigenvalue weighted by Crippen LogP contribution is -2.46. The first-order valence-electron chi connectivity index (χ1n) is 10.5. The van der Waals surface area contributed by atoms with Gasteiger partial charge in [0, 0.05) is 30.4 Å². The average molecular weight is 370 g/mol. The molecule has 27 heavy (non-hydrogen) atoms. The molecule has 2 bridgehead atoms. The molecule has 2 amide bonds. The third-order valence-electron chi connectivity index (χ3n) is 6.83. The van der Waals surface area contributed by atoms with Crippen LogP contribution in [0.15, 0.2) is 24.3 Å². The van der Waals surface area contributed by atoms with Crippen LogP contribution in [0.2, 0.25) is 0 Å². The van der Waals surface area contributed by atoms with E-state index in [0.29, 0.717) is 12.3 Å². The number of nitrogens with one attached hydrogen (secondary N) is 2. The van der Waals surface area contributed by atoms with Gasteiger partial charge in [0.05, 0.1) is 0 Å². The van der Waals surface area contributed by atoms with E-state index in [2.05, 4.69) is 17.6 Å². The van der Waals surface area contributed by atoms with Crippen LogP contribution in [0.4, 0.5) is 11.4 Å². The lowest BCUT2D eigenvalue weighted by molar-refractivity contribution is -0.122. The summed E-state index contributed by atoms with van der Waals surface area (Å²) >= 11 is 0. The molecule has 4 rings (SSSR count). The molecule has 5 heteroatoms. The number of nitrogens with zero attached hydrogens (tertiary/aromatic N) is 1. The van der Waals surface area contributed by atoms with Crippen molar-refractivity contribution in [2.24, 2.45) is 17.8 Å². The van der Waals surface area contributed by atoms with Crippen LogP contribution < -0.4 is 15.5 Å². The molecule has 2 saturated carbocycles. The molecule has 5 unspecified atom stereocenters. The van der Waals surface area contributed by atoms with Crippen molar-refractivity contribution in [2.75, 3.05) is 16.8 Å². The Morgan fingerprint density at radius 3 is 2.52 bits per heavy atom. The molecular weight excluding hydrogens is 338 g/mol. The van der Waals surface area contributed by atoms with Crippen LogP contribution in [0, 0.1) is 17.8 Å². The number of anilines is 2. The second-order valence-corrected chi connectivity index (χ2v) is 8.70. The molecular formula is C22H31N3O2. The number of fused-ring (bicyclic) bond motifs is 2. The summed E-state index contributed by atoms with van der Waals surface area (Å²) in [5.41, 5.74) is 1.84. The molecule has 3 fully saturated rings. The lowest BCUT2D eigenvalue weighted by atomic mass is 9.84. The summed E-state index contributed by atoms with van der Waals surface area (Å²) in [7, 11) is 0. The van der Waals surface area contributed by atoms with Crippen molar-refractivity contribution in [3.05, 3.63) is 24.3 Å². The second kappa shape index (κ2) is 7.53. The number of hydrogen-bond acceptors (Lipinski definition) is 3. The van der Waals surface area contributed by atoms with E-state index in [9.17, 15) is 9.59 Å². The minimum Gasteiger partial charge on any atom is -0.374 e. The van der Waals surface area contributed by atoms with Gasteiger partial charge in [-0.1, -0.05) is 6.42 Å². The summed E-state index contributed by atoms with van der Waals surface area (Å²) in [5.74, 6) is 2.62. The standard InChI is InChI=1S/C22H31N3O2/c1-14(20-13-16-5-6-17(20)12-16)24-22(27)15(2)23-18-7-9-19(10-8-18)25-11-3-4-21(25)26/h7-10,14-17,20,23H,3-6,11-13H2,1-2H3,(H,24,27). The Morgan fingerprint density at radius 2 is 1.93 bits per heavy atom. The highest BCUT2D eigenvalue weighted by molar-refractivity contribution is 5.95. The van der Waals surface area contributed by atoms with Crippen LogP contribution in [0.3, 0.4) is 0 Å². The number of carbonyl (C=O) groups excluding carboxylic acids is 2. The molecule has 0 radical (unpaired) electrons. The van der Waals surface area contributed by atoms with E-state index < -0.39 is 0 Å². The summed E-state index contributed by atoms with van der Waals surface area (Å²) in [5, 5.41) is 6.52. The van der Waals surface area contributed by atoms with E-state index in [4.69, 9.17) is 0 Å². The van der Waals surface area contributed by atoms with Gasteiger partial charge in [-0.2, -0.15) is 0 Å². The Hall–Kier alpha value is -2.04. The summed E-state index contributed by atoms with van der Waals surface area (Å²) in [6, 6.07) is 7.77. The van der Waals surface area contributed by atoms with Gasteiger partial charge in [0.25, 0.3) is 0 Å². The molecule has 2 aliphatic carbocycles. The first-order valence-corrected chi connectivity index (χ1v) is 10.5. The van der Waals surface area contributed by atoms with Crippen molar-refractivity contribution in [2.45, 2.75) is 64.5 Å². The number of hydrogen-bond donors (Lipinski definition) is 2. The maximum Gasteiger partial charge on any atom is 0.242 e. The quantitative estimate of drug-likeness (QED) is 0.806. The third-order valence-corrected chi connectivity index (χ3v) is 6.83. The summed E-state index contributed by atoms with van der Waals surface area (Å²) < 4.78 is 0. The number of amides is 2. The predicted octanol–water partition coefficient (Wildman–Crippen LogP) is 3.55. The SMILES string of the molecule is CC(Nc1ccc(N2CCCC2=O)cc1)C(=O)NC(C)C1CC2CCC1C2. The van der Waals surface area contributed by atoms with Crippen LogP contribution in [0.1, 0.15) is 52.4 Å². The number of rotatable bonds is 6. The lowest BCUT2D eigenvalue weighted by Gasteiger charge is -2.29. The van der Waals surface area contributed by atoms with E-state index in [1.807, 2.05) is 36.1 Å². The molecule has 0 spiro atoms. The average Bonchev–Trinajstić information content (AvgIpc) is 3.39. The van der Waals surface area contributed by atoms with Crippen LogP contribution in [-0.2, 0) is 9.59 Å². The van der Waals surface area contributed by atoms with Crippen molar-refractivity contribution in [1.29, 1.82) is 0 Å². The van der Waals surface area contributed by atoms with Gasteiger partial charge in [-0.05, 0) is 81.5 Å². The van der Waals surface area contributed by atoms with E-state index in [0.717, 1.165) is 36.2 Å². The Kier molecular flexibility index (Phi) is 5.11. The third kappa shape index (κ3) is 3.83. The topological polar surface area (TPSA) is 61.4 Å². The number of benzene rings is 1. The van der Waals surface area contributed by atoms with Gasteiger partial charge in [-0.3, -0.25) is 9.59 Å². The number of carbonyl (C=O) groups is 2. The minimum absolute atomic E-state index is 0.0593. The van der Waals surface area contributed by atoms with E-state index >= 15 is 0 Å². The van der Waals surface area contributed by atoms with Crippen LogP contribution in [0.5, 0.6) is 0 Å². The fourth-order valence-electron chi connectivity index (χ4n) is 5.34. The first kappa shape index (κ1) is 18.3. The van der Waals surface area contributed by atoms with Gasteiger partial charge in [-0.15, -0.1) is 0 Å². The Balaban J connectivity index is 1.29. The zero-order valence-corrected chi connectivity index (χ0v) is 16.4. The summed E-state index contributed by atoms with van der Waals surface area (Å²) in [6.45, 7) is 4.87. The molecule has 5 atom stereocenters. The van der Waals surface area contributed by atoms with Crippen molar-refractivity contribution in [3.8, 4) is 0 Å². The van der Waals surface area contributed by atoms with Crippen LogP contribution in [-0.4, -0.2) is 30.4 Å². The Bertz CT molecular complexity index is 702. The van der Waals surface area contributed by atoms with E-state index in [1.165, 1.54) is 25.7 Å². The van der Waals surface area contributed by atoms with Crippen LogP contribution >= 0.6 is 0 Å². The molecule has 1 aromatic rings. The van der Waals surface area contributed by atoms with Gasteiger partial charge in [0.15, 0.2) is 0 Å². The fourth-order valence-corrected chi connectivity index (χ4v) is 5.34. The molecule has 1 heterocycles. The van der Waals surface area contributed by atoms with Crippen molar-refractivity contribution in [3.63, 3.8) is 0 Å². The highest BCUT2D eigenvalue weighted by atomic mass is 16.2. The molecule has 3 aliphatic rings. The Labute approximate surface area is 161 Å². The van der Waals surface area contributed by atoms with Gasteiger partial charge in [-0.25, -0.2) is 0 Å². The zero-order chi connectivity index (χ0) is 19.0. The minimum atomic E-state index is -0.287. The second-order valence-electron chi connectivity index (χ2n) is 8.70. The highest BCUT2D eigenvalue weighted by Crippen LogP contribution is 2.49. The van der Waals surface area contributed by atoms with E-state index in [-0.39, 0.29) is 23.9 Å². The largest absolute Gasteiger partial charge is 0.374 e. The monoisotopic (exact) mass is 369 g/mol. The molecule has 1 aliphatic heterocycles. The van der Waals surface area contributed by atoms with Crippen LogP contribution in [0.25, 0.3) is 0 Å². The van der Waals surface area contributed by atoms with Gasteiger partial charge >= 0.3 is 0 Å². The van der Waals surface area contributed by atoms with Crippen molar-refractivity contribution < 1.29 is 9.59 Å². The molecule has 146 valence electrons. The molecule has 0 aromatic heterocycles. The van der Waals surface area contributed by atoms with Gasteiger partial charge < -0.3 is 15.5 Å². The molecule has 1 aromatic carbocycles. The maximum atomic E-state index is 12.6. The van der Waals surface area contributed by atoms with Crippen molar-refractivity contribution in [1.82, 2.24) is 5.32 Å². The summed E-state index contributed by atoms with van der Waals surface area (Å²) in [4.78, 5) is 26.3. The molecule has 2 N–H and O–H groups in total. The normalized spacial score (nSPS) is 29.0. The predicted molar refractivity (Wildman–Crippen MR) is 108 cm³/mol. The zero-order valence-electron chi connectivity index (χ0n) is 16.4. The first-order chi connectivity index (χ1) is 13.0. The van der Waals surface area contributed by atoms with Crippen molar-refractivity contribution >= 4 is 23.2 Å². The molecule has 5 nitrogen and oxygen atoms in total. The Morgan fingerprint density at radius 1 is 1.15 bits per heavy atom.